The molecule has 0 aromatic carbocycles. The van der Waals surface area contributed by atoms with E-state index in [1.165, 1.54) is 11.1 Å². The number of carboxylic acid groups (broad SMARTS) is 1. The lowest BCUT2D eigenvalue weighted by molar-refractivity contribution is -0.146. The molecule has 2 unspecified atom stereocenters. The first-order valence-electron chi connectivity index (χ1n) is 5.16. The number of aliphatic carboxylic acids is 1. The van der Waals surface area contributed by atoms with Crippen molar-refractivity contribution >= 4 is 17.3 Å². The predicted octanol–water partition coefficient (Wildman–Crippen LogP) is 2.01. The zero-order valence-corrected chi connectivity index (χ0v) is 9.51. The first-order valence-corrected chi connectivity index (χ1v) is 6.10. The highest BCUT2D eigenvalue weighted by Gasteiger charge is 2.35. The van der Waals surface area contributed by atoms with Crippen molar-refractivity contribution in [2.75, 3.05) is 0 Å². The summed E-state index contributed by atoms with van der Waals surface area (Å²) in [5.74, 6) is -0.843. The van der Waals surface area contributed by atoms with Crippen LogP contribution in [0.5, 0.6) is 0 Å². The van der Waals surface area contributed by atoms with Gasteiger partial charge in [-0.1, -0.05) is 0 Å². The molecule has 0 bridgehead atoms. The number of aryl methyl sites for hydroxylation is 1. The van der Waals surface area contributed by atoms with Gasteiger partial charge in [-0.25, -0.2) is 0 Å². The summed E-state index contributed by atoms with van der Waals surface area (Å²) in [6, 6.07) is 0.168. The lowest BCUT2D eigenvalue weighted by Gasteiger charge is -2.34. The van der Waals surface area contributed by atoms with Crippen LogP contribution in [0, 0.1) is 12.8 Å². The Labute approximate surface area is 93.1 Å². The van der Waals surface area contributed by atoms with Crippen LogP contribution in [0.4, 0.5) is 0 Å². The maximum atomic E-state index is 10.8. The molecule has 0 amide bonds. The molecule has 1 aromatic rings. The Bertz CT molecular complexity index is 361. The molecular formula is C11H15NO2S. The average Bonchev–Trinajstić information content (AvgIpc) is 2.49. The van der Waals surface area contributed by atoms with Gasteiger partial charge in [0.15, 0.2) is 0 Å². The summed E-state index contributed by atoms with van der Waals surface area (Å²) >= 11 is 1.69. The fourth-order valence-electron chi connectivity index (χ4n) is 1.85. The number of rotatable bonds is 4. The molecule has 2 rings (SSSR count). The van der Waals surface area contributed by atoms with Crippen molar-refractivity contribution in [1.82, 2.24) is 5.32 Å². The van der Waals surface area contributed by atoms with Crippen LogP contribution in [0.15, 0.2) is 10.8 Å². The van der Waals surface area contributed by atoms with Gasteiger partial charge in [0.25, 0.3) is 0 Å². The Morgan fingerprint density at radius 3 is 2.87 bits per heavy atom. The Balaban J connectivity index is 1.84. The highest BCUT2D eigenvalue weighted by Crippen LogP contribution is 2.28. The van der Waals surface area contributed by atoms with Gasteiger partial charge in [0.1, 0.15) is 0 Å². The summed E-state index contributed by atoms with van der Waals surface area (Å²) in [5.41, 5.74) is 2.58. The monoisotopic (exact) mass is 225 g/mol. The average molecular weight is 225 g/mol. The van der Waals surface area contributed by atoms with Gasteiger partial charge in [-0.05, 0) is 41.7 Å². The van der Waals surface area contributed by atoms with Crippen LogP contribution in [0.3, 0.4) is 0 Å². The zero-order chi connectivity index (χ0) is 10.8. The molecule has 4 heteroatoms. The van der Waals surface area contributed by atoms with E-state index in [-0.39, 0.29) is 12.0 Å². The molecule has 82 valence electrons. The van der Waals surface area contributed by atoms with Crippen LogP contribution >= 0.6 is 11.3 Å². The highest BCUT2D eigenvalue weighted by atomic mass is 32.1. The number of hydrogen-bond acceptors (Lipinski definition) is 3. The van der Waals surface area contributed by atoms with Crippen molar-refractivity contribution in [3.8, 4) is 0 Å². The van der Waals surface area contributed by atoms with E-state index in [1.54, 1.807) is 11.3 Å². The number of carboxylic acids is 1. The number of carbonyl (C=O) groups is 1. The van der Waals surface area contributed by atoms with Gasteiger partial charge in [0, 0.05) is 12.6 Å². The molecule has 1 aliphatic rings. The van der Waals surface area contributed by atoms with E-state index in [2.05, 4.69) is 23.0 Å². The van der Waals surface area contributed by atoms with Crippen molar-refractivity contribution < 1.29 is 9.90 Å². The van der Waals surface area contributed by atoms with E-state index in [4.69, 9.17) is 5.11 Å². The van der Waals surface area contributed by atoms with Crippen molar-refractivity contribution in [2.45, 2.75) is 32.4 Å². The summed E-state index contributed by atoms with van der Waals surface area (Å²) in [5, 5.41) is 16.4. The van der Waals surface area contributed by atoms with Gasteiger partial charge >= 0.3 is 5.97 Å². The van der Waals surface area contributed by atoms with E-state index in [0.29, 0.717) is 0 Å². The minimum atomic E-state index is -0.666. The molecule has 0 saturated heterocycles. The van der Waals surface area contributed by atoms with Crippen LogP contribution in [0.1, 0.15) is 24.0 Å². The normalized spacial score (nSPS) is 24.9. The van der Waals surface area contributed by atoms with Crippen molar-refractivity contribution in [1.29, 1.82) is 0 Å². The third-order valence-corrected chi connectivity index (χ3v) is 4.02. The maximum absolute atomic E-state index is 10.8. The SMILES string of the molecule is Cc1cscc1CNC1CCC1C(=O)O. The second-order valence-corrected chi connectivity index (χ2v) is 4.83. The molecule has 0 radical (unpaired) electrons. The second-order valence-electron chi connectivity index (χ2n) is 4.09. The summed E-state index contributed by atoms with van der Waals surface area (Å²) < 4.78 is 0. The van der Waals surface area contributed by atoms with Crippen molar-refractivity contribution in [3.05, 3.63) is 21.9 Å². The van der Waals surface area contributed by atoms with Crippen LogP contribution in [0.2, 0.25) is 0 Å². The lowest BCUT2D eigenvalue weighted by Crippen LogP contribution is -2.47. The summed E-state index contributed by atoms with van der Waals surface area (Å²) in [4.78, 5) is 10.8. The van der Waals surface area contributed by atoms with Crippen LogP contribution in [0.25, 0.3) is 0 Å². The minimum Gasteiger partial charge on any atom is -0.481 e. The Morgan fingerprint density at radius 1 is 1.60 bits per heavy atom. The van der Waals surface area contributed by atoms with Gasteiger partial charge < -0.3 is 10.4 Å². The molecule has 0 aliphatic heterocycles. The molecule has 1 fully saturated rings. The largest absolute Gasteiger partial charge is 0.481 e. The lowest BCUT2D eigenvalue weighted by atomic mass is 9.79. The summed E-state index contributed by atoms with van der Waals surface area (Å²) in [6.45, 7) is 2.88. The minimum absolute atomic E-state index is 0.168. The third-order valence-electron chi connectivity index (χ3n) is 3.11. The number of thiophene rings is 1. The maximum Gasteiger partial charge on any atom is 0.308 e. The van der Waals surface area contributed by atoms with E-state index in [1.807, 2.05) is 0 Å². The van der Waals surface area contributed by atoms with Crippen LogP contribution in [-0.4, -0.2) is 17.1 Å². The predicted molar refractivity (Wildman–Crippen MR) is 60.0 cm³/mol. The molecular weight excluding hydrogens is 210 g/mol. The summed E-state index contributed by atoms with van der Waals surface area (Å²) in [6.07, 6.45) is 1.80. The van der Waals surface area contributed by atoms with E-state index < -0.39 is 5.97 Å². The molecule has 1 aliphatic carbocycles. The molecule has 3 nitrogen and oxygen atoms in total. The molecule has 15 heavy (non-hydrogen) atoms. The highest BCUT2D eigenvalue weighted by molar-refractivity contribution is 7.08. The molecule has 1 heterocycles. The second kappa shape index (κ2) is 4.33. The van der Waals surface area contributed by atoms with Crippen molar-refractivity contribution in [3.63, 3.8) is 0 Å². The third kappa shape index (κ3) is 2.21. The molecule has 2 N–H and O–H groups in total. The zero-order valence-electron chi connectivity index (χ0n) is 8.69. The Hall–Kier alpha value is -0.870. The molecule has 0 spiro atoms. The van der Waals surface area contributed by atoms with Crippen LogP contribution < -0.4 is 5.32 Å². The van der Waals surface area contributed by atoms with Crippen LogP contribution in [-0.2, 0) is 11.3 Å². The Morgan fingerprint density at radius 2 is 2.40 bits per heavy atom. The smallest absolute Gasteiger partial charge is 0.308 e. The Kier molecular flexibility index (Phi) is 3.07. The summed E-state index contributed by atoms with van der Waals surface area (Å²) in [7, 11) is 0. The van der Waals surface area contributed by atoms with Gasteiger partial charge in [0.05, 0.1) is 5.92 Å². The van der Waals surface area contributed by atoms with E-state index in [0.717, 1.165) is 19.4 Å². The molecule has 1 saturated carbocycles. The van der Waals surface area contributed by atoms with Crippen molar-refractivity contribution in [2.24, 2.45) is 5.92 Å². The van der Waals surface area contributed by atoms with Gasteiger partial charge in [-0.15, -0.1) is 0 Å². The van der Waals surface area contributed by atoms with E-state index in [9.17, 15) is 4.79 Å². The number of nitrogens with one attached hydrogen (secondary N) is 1. The molecule has 2 atom stereocenters. The number of hydrogen-bond donors (Lipinski definition) is 2. The molecule has 1 aromatic heterocycles. The van der Waals surface area contributed by atoms with Gasteiger partial charge in [0.2, 0.25) is 0 Å². The van der Waals surface area contributed by atoms with Gasteiger partial charge in [-0.2, -0.15) is 11.3 Å². The fraction of sp³-hybridized carbons (Fsp3) is 0.545. The quantitative estimate of drug-likeness (QED) is 0.824. The van der Waals surface area contributed by atoms with Gasteiger partial charge in [-0.3, -0.25) is 4.79 Å². The first-order chi connectivity index (χ1) is 7.18. The standard InChI is InChI=1S/C11H15NO2S/c1-7-5-15-6-8(7)4-12-10-3-2-9(10)11(13)14/h5-6,9-10,12H,2-4H2,1H3,(H,13,14). The fourth-order valence-corrected chi connectivity index (χ4v) is 2.71. The topological polar surface area (TPSA) is 49.3 Å². The first kappa shape index (κ1) is 10.6. The van der Waals surface area contributed by atoms with E-state index >= 15 is 0 Å².